The fourth-order valence-electron chi connectivity index (χ4n) is 4.36. The first-order valence-corrected chi connectivity index (χ1v) is 13.7. The van der Waals surface area contributed by atoms with Gasteiger partial charge in [-0.05, 0) is 53.4 Å². The maximum atomic E-state index is 12.9. The Labute approximate surface area is 265 Å². The minimum atomic E-state index is -3.97. The van der Waals surface area contributed by atoms with Crippen LogP contribution in [0, 0.1) is 0 Å². The first kappa shape index (κ1) is 28.4. The van der Waals surface area contributed by atoms with Gasteiger partial charge in [-0.15, -0.1) is 0 Å². The van der Waals surface area contributed by atoms with Gasteiger partial charge in [0.25, 0.3) is 15.9 Å². The molecule has 38 heavy (non-hydrogen) atoms. The van der Waals surface area contributed by atoms with Gasteiger partial charge in [0, 0.05) is 69.9 Å². The van der Waals surface area contributed by atoms with E-state index in [0.717, 1.165) is 46.4 Å². The summed E-state index contributed by atoms with van der Waals surface area (Å²) in [5.74, 6) is 0.252. The van der Waals surface area contributed by atoms with Crippen LogP contribution in [0.2, 0.25) is 0 Å². The van der Waals surface area contributed by atoms with Crippen LogP contribution in [0.5, 0.6) is 0 Å². The Morgan fingerprint density at radius 1 is 0.842 bits per heavy atom. The summed E-state index contributed by atoms with van der Waals surface area (Å²) in [5, 5.41) is 0. The number of carbonyl (C=O) groups is 1. The van der Waals surface area contributed by atoms with Crippen molar-refractivity contribution in [1.29, 1.82) is 0 Å². The number of fused-ring (bicyclic) bond motifs is 1. The summed E-state index contributed by atoms with van der Waals surface area (Å²) in [4.78, 5) is 17.8. The SMILES string of the molecule is CCCc1nc2ccc(C(=O)NS(=O)(=O)c3ccccc3)cc2n1Cc1ccc(-c2ccccc2)cc1.[K]. The summed E-state index contributed by atoms with van der Waals surface area (Å²) in [7, 11) is -3.97. The number of benzene rings is 4. The summed E-state index contributed by atoms with van der Waals surface area (Å²) in [6.07, 6.45) is 1.72. The number of amides is 1. The molecule has 1 N–H and O–H groups in total. The Balaban J connectivity index is 0.00000336. The molecule has 4 aromatic carbocycles. The third-order valence-corrected chi connectivity index (χ3v) is 7.59. The summed E-state index contributed by atoms with van der Waals surface area (Å²) >= 11 is 0. The van der Waals surface area contributed by atoms with Gasteiger partial charge in [0.1, 0.15) is 5.82 Å². The van der Waals surface area contributed by atoms with Crippen molar-refractivity contribution < 1.29 is 13.2 Å². The van der Waals surface area contributed by atoms with Crippen molar-refractivity contribution in [3.05, 3.63) is 120 Å². The van der Waals surface area contributed by atoms with E-state index in [-0.39, 0.29) is 61.8 Å². The van der Waals surface area contributed by atoms with Crippen LogP contribution in [0.15, 0.2) is 108 Å². The van der Waals surface area contributed by atoms with Gasteiger partial charge in [-0.25, -0.2) is 18.1 Å². The van der Waals surface area contributed by atoms with E-state index in [1.165, 1.54) is 12.1 Å². The molecule has 6 nitrogen and oxygen atoms in total. The number of sulfonamides is 1. The zero-order chi connectivity index (χ0) is 25.8. The van der Waals surface area contributed by atoms with Crippen molar-refractivity contribution in [2.45, 2.75) is 31.2 Å². The van der Waals surface area contributed by atoms with E-state index in [1.807, 2.05) is 18.2 Å². The number of rotatable bonds is 8. The summed E-state index contributed by atoms with van der Waals surface area (Å²) in [6.45, 7) is 2.69. The van der Waals surface area contributed by atoms with E-state index in [9.17, 15) is 13.2 Å². The molecule has 1 radical (unpaired) electrons. The van der Waals surface area contributed by atoms with Gasteiger partial charge >= 0.3 is 0 Å². The number of nitrogens with zero attached hydrogens (tertiary/aromatic N) is 2. The second-order valence-corrected chi connectivity index (χ2v) is 10.6. The zero-order valence-corrected chi connectivity index (χ0v) is 25.4. The van der Waals surface area contributed by atoms with Crippen LogP contribution in [-0.4, -0.2) is 75.3 Å². The fourth-order valence-corrected chi connectivity index (χ4v) is 5.36. The first-order chi connectivity index (χ1) is 17.9. The molecule has 187 valence electrons. The maximum Gasteiger partial charge on any atom is 0.265 e. The number of nitrogens with one attached hydrogen (secondary N) is 1. The van der Waals surface area contributed by atoms with E-state index < -0.39 is 15.9 Å². The van der Waals surface area contributed by atoms with Crippen molar-refractivity contribution in [2.75, 3.05) is 0 Å². The van der Waals surface area contributed by atoms with Crippen LogP contribution in [0.3, 0.4) is 0 Å². The van der Waals surface area contributed by atoms with Gasteiger partial charge < -0.3 is 4.57 Å². The number of hydrogen-bond acceptors (Lipinski definition) is 4. The second-order valence-electron chi connectivity index (χ2n) is 8.88. The smallest absolute Gasteiger partial charge is 0.265 e. The monoisotopic (exact) mass is 548 g/mol. The maximum absolute atomic E-state index is 12.9. The Kier molecular flexibility index (Phi) is 9.35. The molecule has 0 aliphatic rings. The Morgan fingerprint density at radius 3 is 2.13 bits per heavy atom. The van der Waals surface area contributed by atoms with Gasteiger partial charge in [0.15, 0.2) is 0 Å². The van der Waals surface area contributed by atoms with E-state index in [4.69, 9.17) is 4.98 Å². The second kappa shape index (κ2) is 12.5. The van der Waals surface area contributed by atoms with Gasteiger partial charge in [-0.2, -0.15) is 0 Å². The normalized spacial score (nSPS) is 11.2. The summed E-state index contributed by atoms with van der Waals surface area (Å²) in [5.41, 5.74) is 5.24. The minimum absolute atomic E-state index is 0. The molecule has 0 fully saturated rings. The predicted octanol–water partition coefficient (Wildman–Crippen LogP) is 5.44. The molecule has 1 amide bonds. The Hall–Kier alpha value is -2.59. The van der Waals surface area contributed by atoms with Gasteiger partial charge in [0.2, 0.25) is 0 Å². The molecular formula is C30H27KN3O3S. The third kappa shape index (κ3) is 6.34. The van der Waals surface area contributed by atoms with E-state index >= 15 is 0 Å². The topological polar surface area (TPSA) is 81.1 Å². The molecule has 1 heterocycles. The van der Waals surface area contributed by atoms with Crippen molar-refractivity contribution in [3.63, 3.8) is 0 Å². The average molecular weight is 549 g/mol. The van der Waals surface area contributed by atoms with Crippen molar-refractivity contribution in [3.8, 4) is 11.1 Å². The average Bonchev–Trinajstić information content (AvgIpc) is 3.26. The van der Waals surface area contributed by atoms with Crippen LogP contribution in [0.25, 0.3) is 22.2 Å². The van der Waals surface area contributed by atoms with Crippen LogP contribution >= 0.6 is 0 Å². The Morgan fingerprint density at radius 2 is 1.47 bits per heavy atom. The van der Waals surface area contributed by atoms with E-state index in [1.54, 1.807) is 36.4 Å². The first-order valence-electron chi connectivity index (χ1n) is 12.2. The molecule has 5 aromatic rings. The zero-order valence-electron chi connectivity index (χ0n) is 21.5. The minimum Gasteiger partial charge on any atom is -0.323 e. The van der Waals surface area contributed by atoms with Crippen molar-refractivity contribution >= 4 is 78.3 Å². The Bertz CT molecular complexity index is 1650. The molecular weight excluding hydrogens is 522 g/mol. The molecule has 0 saturated carbocycles. The summed E-state index contributed by atoms with van der Waals surface area (Å²) < 4.78 is 29.6. The number of aryl methyl sites for hydroxylation is 1. The molecule has 5 rings (SSSR count). The molecule has 0 aliphatic heterocycles. The molecule has 1 aromatic heterocycles. The molecule has 0 atom stereocenters. The fraction of sp³-hybridized carbons (Fsp3) is 0.133. The van der Waals surface area contributed by atoms with Gasteiger partial charge in [0.05, 0.1) is 15.9 Å². The molecule has 0 saturated heterocycles. The van der Waals surface area contributed by atoms with Crippen LogP contribution in [0.1, 0.15) is 35.1 Å². The predicted molar refractivity (Wildman–Crippen MR) is 152 cm³/mol. The van der Waals surface area contributed by atoms with Crippen LogP contribution in [-0.2, 0) is 23.0 Å². The standard InChI is InChI=1S/C30H27N3O3S.K/c1-2-9-29-31-27-19-18-25(30(34)32-37(35,36)26-12-7-4-8-13-26)20-28(27)33(29)21-22-14-16-24(17-15-22)23-10-5-3-6-11-23;/h3-8,10-20H,2,9,21H2,1H3,(H,32,34);. The number of imidazole rings is 1. The summed E-state index contributed by atoms with van der Waals surface area (Å²) in [6, 6.07) is 31.6. The molecule has 0 aliphatic carbocycles. The van der Waals surface area contributed by atoms with Crippen LogP contribution < -0.4 is 4.72 Å². The molecule has 0 spiro atoms. The van der Waals surface area contributed by atoms with Crippen molar-refractivity contribution in [2.24, 2.45) is 0 Å². The molecule has 0 unspecified atom stereocenters. The van der Waals surface area contributed by atoms with Gasteiger partial charge in [-0.1, -0.05) is 79.7 Å². The quantitative estimate of drug-likeness (QED) is 0.262. The third-order valence-electron chi connectivity index (χ3n) is 6.25. The van der Waals surface area contributed by atoms with Gasteiger partial charge in [-0.3, -0.25) is 4.79 Å². The largest absolute Gasteiger partial charge is 0.323 e. The molecule has 0 bridgehead atoms. The molecule has 8 heteroatoms. The van der Waals surface area contributed by atoms with Crippen molar-refractivity contribution in [1.82, 2.24) is 14.3 Å². The van der Waals surface area contributed by atoms with E-state index in [0.29, 0.717) is 6.54 Å². The number of carbonyl (C=O) groups excluding carboxylic acids is 1. The van der Waals surface area contributed by atoms with E-state index in [2.05, 4.69) is 52.6 Å². The van der Waals surface area contributed by atoms with Crippen LogP contribution in [0.4, 0.5) is 0 Å². The number of hydrogen-bond donors (Lipinski definition) is 1. The number of aromatic nitrogens is 2.